The number of nitrogens with two attached hydrogens (primary N) is 1. The predicted octanol–water partition coefficient (Wildman–Crippen LogP) is 1.21. The lowest BCUT2D eigenvalue weighted by molar-refractivity contribution is -0.122. The summed E-state index contributed by atoms with van der Waals surface area (Å²) < 4.78 is 0. The Labute approximate surface area is 111 Å². The van der Waals surface area contributed by atoms with E-state index < -0.39 is 0 Å². The van der Waals surface area contributed by atoms with Crippen LogP contribution in [-0.4, -0.2) is 42.5 Å². The van der Waals surface area contributed by atoms with Gasteiger partial charge in [-0.15, -0.1) is 0 Å². The molecule has 1 fully saturated rings. The summed E-state index contributed by atoms with van der Waals surface area (Å²) in [7, 11) is 0. The maximum absolute atomic E-state index is 11.8. The van der Waals surface area contributed by atoms with Gasteiger partial charge in [0.05, 0.1) is 6.04 Å². The number of hydrogen-bond acceptors (Lipinski definition) is 3. The Balaban J connectivity index is 2.23. The molecule has 106 valence electrons. The normalized spacial score (nSPS) is 22.7. The van der Waals surface area contributed by atoms with E-state index in [-0.39, 0.29) is 11.9 Å². The van der Waals surface area contributed by atoms with Crippen molar-refractivity contribution in [3.05, 3.63) is 0 Å². The summed E-state index contributed by atoms with van der Waals surface area (Å²) in [6.45, 7) is 11.6. The van der Waals surface area contributed by atoms with Gasteiger partial charge in [-0.2, -0.15) is 0 Å². The molecule has 0 saturated carbocycles. The van der Waals surface area contributed by atoms with Crippen LogP contribution >= 0.6 is 0 Å². The van der Waals surface area contributed by atoms with Crippen LogP contribution in [0.15, 0.2) is 0 Å². The van der Waals surface area contributed by atoms with Gasteiger partial charge < -0.3 is 16.0 Å². The molecule has 1 rings (SSSR count). The zero-order valence-corrected chi connectivity index (χ0v) is 12.3. The molecule has 1 unspecified atom stereocenters. The minimum absolute atomic E-state index is 0.00620. The SMILES string of the molecule is CC(C)C[C@H](N)C(=O)NCC1CCN(C(C)C)C1. The second-order valence-corrected chi connectivity index (χ2v) is 6.22. The zero-order chi connectivity index (χ0) is 13.7. The molecule has 3 N–H and O–H groups in total. The Morgan fingerprint density at radius 2 is 2.06 bits per heavy atom. The maximum atomic E-state index is 11.8. The topological polar surface area (TPSA) is 58.4 Å². The fourth-order valence-electron chi connectivity index (χ4n) is 2.49. The first-order valence-corrected chi connectivity index (χ1v) is 7.17. The van der Waals surface area contributed by atoms with Crippen molar-refractivity contribution in [2.75, 3.05) is 19.6 Å². The molecule has 0 aromatic heterocycles. The minimum Gasteiger partial charge on any atom is -0.354 e. The van der Waals surface area contributed by atoms with Gasteiger partial charge >= 0.3 is 0 Å². The first-order valence-electron chi connectivity index (χ1n) is 7.17. The first-order chi connectivity index (χ1) is 8.40. The quantitative estimate of drug-likeness (QED) is 0.750. The smallest absolute Gasteiger partial charge is 0.236 e. The molecule has 0 aromatic carbocycles. The lowest BCUT2D eigenvalue weighted by Gasteiger charge is -2.20. The van der Waals surface area contributed by atoms with Crippen molar-refractivity contribution < 1.29 is 4.79 Å². The summed E-state index contributed by atoms with van der Waals surface area (Å²) in [6, 6.07) is 0.251. The van der Waals surface area contributed by atoms with Crippen LogP contribution in [0, 0.1) is 11.8 Å². The first kappa shape index (κ1) is 15.4. The van der Waals surface area contributed by atoms with Crippen LogP contribution in [0.1, 0.15) is 40.5 Å². The molecular weight excluding hydrogens is 226 g/mol. The molecule has 0 aromatic rings. The fourth-order valence-corrected chi connectivity index (χ4v) is 2.49. The van der Waals surface area contributed by atoms with Gasteiger partial charge in [0, 0.05) is 19.1 Å². The number of nitrogens with one attached hydrogen (secondary N) is 1. The highest BCUT2D eigenvalue weighted by Crippen LogP contribution is 2.17. The van der Waals surface area contributed by atoms with E-state index in [0.29, 0.717) is 17.9 Å². The van der Waals surface area contributed by atoms with Crippen molar-refractivity contribution in [3.63, 3.8) is 0 Å². The van der Waals surface area contributed by atoms with Gasteiger partial charge in [0.25, 0.3) is 0 Å². The number of amides is 1. The van der Waals surface area contributed by atoms with Crippen molar-refractivity contribution in [1.29, 1.82) is 0 Å². The van der Waals surface area contributed by atoms with Crippen molar-refractivity contribution in [3.8, 4) is 0 Å². The molecule has 0 bridgehead atoms. The molecule has 1 aliphatic heterocycles. The minimum atomic E-state index is -0.354. The van der Waals surface area contributed by atoms with E-state index >= 15 is 0 Å². The summed E-state index contributed by atoms with van der Waals surface area (Å²) >= 11 is 0. The summed E-state index contributed by atoms with van der Waals surface area (Å²) in [5, 5.41) is 3.00. The van der Waals surface area contributed by atoms with Gasteiger partial charge in [-0.3, -0.25) is 4.79 Å². The average Bonchev–Trinajstić information content (AvgIpc) is 2.73. The molecular formula is C14H29N3O. The third-order valence-corrected chi connectivity index (χ3v) is 3.67. The Bertz CT molecular complexity index is 266. The largest absolute Gasteiger partial charge is 0.354 e. The van der Waals surface area contributed by atoms with Crippen LogP contribution in [0.4, 0.5) is 0 Å². The third kappa shape index (κ3) is 4.94. The third-order valence-electron chi connectivity index (χ3n) is 3.67. The lowest BCUT2D eigenvalue weighted by Crippen LogP contribution is -2.43. The van der Waals surface area contributed by atoms with E-state index in [1.165, 1.54) is 6.42 Å². The van der Waals surface area contributed by atoms with Gasteiger partial charge in [0.1, 0.15) is 0 Å². The van der Waals surface area contributed by atoms with Gasteiger partial charge in [-0.05, 0) is 45.1 Å². The van der Waals surface area contributed by atoms with E-state index in [9.17, 15) is 4.79 Å². The van der Waals surface area contributed by atoms with Crippen LogP contribution < -0.4 is 11.1 Å². The zero-order valence-electron chi connectivity index (χ0n) is 12.3. The Kier molecular flexibility index (Phi) is 6.09. The fraction of sp³-hybridized carbons (Fsp3) is 0.929. The van der Waals surface area contributed by atoms with Crippen LogP contribution in [0.3, 0.4) is 0 Å². The van der Waals surface area contributed by atoms with Gasteiger partial charge in [-0.1, -0.05) is 13.8 Å². The van der Waals surface area contributed by atoms with Crippen molar-refractivity contribution >= 4 is 5.91 Å². The van der Waals surface area contributed by atoms with E-state index in [2.05, 4.69) is 37.9 Å². The molecule has 1 saturated heterocycles. The standard InChI is InChI=1S/C14H29N3O/c1-10(2)7-13(15)14(18)16-8-12-5-6-17(9-12)11(3)4/h10-13H,5-9,15H2,1-4H3,(H,16,18)/t12?,13-/m0/s1. The highest BCUT2D eigenvalue weighted by Gasteiger charge is 2.25. The summed E-state index contributed by atoms with van der Waals surface area (Å²) in [5.74, 6) is 1.06. The predicted molar refractivity (Wildman–Crippen MR) is 75.3 cm³/mol. The average molecular weight is 255 g/mol. The number of nitrogens with zero attached hydrogens (tertiary/aromatic N) is 1. The van der Waals surface area contributed by atoms with E-state index in [1.54, 1.807) is 0 Å². The summed E-state index contributed by atoms with van der Waals surface area (Å²) in [6.07, 6.45) is 1.94. The maximum Gasteiger partial charge on any atom is 0.236 e. The molecule has 0 radical (unpaired) electrons. The van der Waals surface area contributed by atoms with Crippen molar-refractivity contribution in [2.45, 2.75) is 52.6 Å². The number of carbonyl (C=O) groups is 1. The van der Waals surface area contributed by atoms with Gasteiger partial charge in [0.2, 0.25) is 5.91 Å². The second kappa shape index (κ2) is 7.10. The van der Waals surface area contributed by atoms with Crippen LogP contribution in [0.2, 0.25) is 0 Å². The van der Waals surface area contributed by atoms with E-state index in [4.69, 9.17) is 5.73 Å². The molecule has 4 nitrogen and oxygen atoms in total. The number of likely N-dealkylation sites (tertiary alicyclic amines) is 1. The molecule has 4 heteroatoms. The number of rotatable bonds is 6. The molecule has 1 heterocycles. The monoisotopic (exact) mass is 255 g/mol. The second-order valence-electron chi connectivity index (χ2n) is 6.22. The highest BCUT2D eigenvalue weighted by atomic mass is 16.2. The van der Waals surface area contributed by atoms with Gasteiger partial charge in [0.15, 0.2) is 0 Å². The van der Waals surface area contributed by atoms with E-state index in [1.807, 2.05) is 0 Å². The Morgan fingerprint density at radius 3 is 2.56 bits per heavy atom. The lowest BCUT2D eigenvalue weighted by atomic mass is 10.0. The Hall–Kier alpha value is -0.610. The number of hydrogen-bond donors (Lipinski definition) is 2. The summed E-state index contributed by atoms with van der Waals surface area (Å²) in [4.78, 5) is 14.3. The molecule has 1 amide bonds. The van der Waals surface area contributed by atoms with Crippen molar-refractivity contribution in [2.24, 2.45) is 17.6 Å². The summed E-state index contributed by atoms with van der Waals surface area (Å²) in [5.41, 5.74) is 5.86. The molecule has 0 spiro atoms. The molecule has 18 heavy (non-hydrogen) atoms. The molecule has 0 aliphatic carbocycles. The van der Waals surface area contributed by atoms with Crippen LogP contribution in [0.25, 0.3) is 0 Å². The van der Waals surface area contributed by atoms with Crippen LogP contribution in [-0.2, 0) is 4.79 Å². The van der Waals surface area contributed by atoms with E-state index in [0.717, 1.165) is 26.1 Å². The molecule has 1 aliphatic rings. The Morgan fingerprint density at radius 1 is 1.39 bits per heavy atom. The van der Waals surface area contributed by atoms with Crippen LogP contribution in [0.5, 0.6) is 0 Å². The molecule has 2 atom stereocenters. The highest BCUT2D eigenvalue weighted by molar-refractivity contribution is 5.81. The number of carbonyl (C=O) groups excluding carboxylic acids is 1. The van der Waals surface area contributed by atoms with Gasteiger partial charge in [-0.25, -0.2) is 0 Å². The van der Waals surface area contributed by atoms with Crippen molar-refractivity contribution in [1.82, 2.24) is 10.2 Å².